The van der Waals surface area contributed by atoms with E-state index < -0.39 is 0 Å². The summed E-state index contributed by atoms with van der Waals surface area (Å²) in [4.78, 5) is 29.8. The summed E-state index contributed by atoms with van der Waals surface area (Å²) in [6, 6.07) is 12.6. The van der Waals surface area contributed by atoms with Gasteiger partial charge in [0.15, 0.2) is 0 Å². The number of carbonyl (C=O) groups is 2. The molecule has 2 aromatic carbocycles. The molecule has 0 spiro atoms. The van der Waals surface area contributed by atoms with E-state index in [9.17, 15) is 9.59 Å². The van der Waals surface area contributed by atoms with Gasteiger partial charge in [0.05, 0.1) is 25.2 Å². The van der Waals surface area contributed by atoms with E-state index in [0.29, 0.717) is 13.1 Å². The highest BCUT2D eigenvalue weighted by Crippen LogP contribution is 2.18. The van der Waals surface area contributed by atoms with Gasteiger partial charge in [0.1, 0.15) is 0 Å². The Kier molecular flexibility index (Phi) is 9.47. The molecule has 0 aromatic heterocycles. The Labute approximate surface area is 211 Å². The quantitative estimate of drug-likeness (QED) is 0.602. The Morgan fingerprint density at radius 1 is 0.686 bits per heavy atom. The van der Waals surface area contributed by atoms with Crippen molar-refractivity contribution in [2.75, 3.05) is 39.3 Å². The highest BCUT2D eigenvalue weighted by Gasteiger charge is 2.20. The minimum atomic E-state index is -0.0201. The van der Waals surface area contributed by atoms with E-state index in [-0.39, 0.29) is 23.9 Å². The molecule has 0 bridgehead atoms. The Morgan fingerprint density at radius 3 is 1.46 bits per heavy atom. The molecule has 1 fully saturated rings. The third-order valence-corrected chi connectivity index (χ3v) is 7.23. The van der Waals surface area contributed by atoms with Crippen LogP contribution in [0.25, 0.3) is 0 Å². The fraction of sp³-hybridized carbons (Fsp3) is 0.517. The van der Waals surface area contributed by atoms with Crippen LogP contribution in [0.1, 0.15) is 65.7 Å². The average Bonchev–Trinajstić information content (AvgIpc) is 3.02. The first-order chi connectivity index (χ1) is 16.6. The van der Waals surface area contributed by atoms with Crippen molar-refractivity contribution >= 4 is 11.8 Å². The normalized spacial score (nSPS) is 16.9. The maximum absolute atomic E-state index is 12.7. The fourth-order valence-corrected chi connectivity index (χ4v) is 4.56. The number of benzene rings is 2. The van der Waals surface area contributed by atoms with Crippen LogP contribution in [0.4, 0.5) is 0 Å². The Hall–Kier alpha value is -2.70. The lowest BCUT2D eigenvalue weighted by molar-refractivity contribution is -0.124. The van der Waals surface area contributed by atoms with Crippen LogP contribution < -0.4 is 10.6 Å². The van der Waals surface area contributed by atoms with Crippen molar-refractivity contribution in [3.05, 3.63) is 69.8 Å². The molecule has 2 atom stereocenters. The van der Waals surface area contributed by atoms with Gasteiger partial charge in [-0.05, 0) is 94.4 Å². The zero-order chi connectivity index (χ0) is 25.5. The molecule has 3 rings (SSSR count). The van der Waals surface area contributed by atoms with Crippen LogP contribution in [-0.2, 0) is 9.59 Å². The third-order valence-electron chi connectivity index (χ3n) is 7.23. The number of hydrogen-bond acceptors (Lipinski definition) is 4. The lowest BCUT2D eigenvalue weighted by atomic mass is 10.0. The fourth-order valence-electron chi connectivity index (χ4n) is 4.56. The molecule has 2 aromatic rings. The van der Waals surface area contributed by atoms with Crippen LogP contribution in [0, 0.1) is 27.7 Å². The highest BCUT2D eigenvalue weighted by molar-refractivity contribution is 5.79. The largest absolute Gasteiger partial charge is 0.348 e. The lowest BCUT2D eigenvalue weighted by Gasteiger charge is -2.23. The molecule has 1 aliphatic heterocycles. The van der Waals surface area contributed by atoms with Gasteiger partial charge in [-0.3, -0.25) is 19.4 Å². The van der Waals surface area contributed by atoms with Gasteiger partial charge in [-0.2, -0.15) is 0 Å². The molecule has 2 N–H and O–H groups in total. The van der Waals surface area contributed by atoms with Gasteiger partial charge >= 0.3 is 0 Å². The van der Waals surface area contributed by atoms with E-state index in [1.165, 1.54) is 22.3 Å². The second-order valence-corrected chi connectivity index (χ2v) is 10.2. The van der Waals surface area contributed by atoms with E-state index in [1.54, 1.807) is 0 Å². The standard InChI is InChI=1S/C29H42N4O2/c1-20-8-10-26(16-22(20)3)24(5)30-28(34)18-32-12-7-13-33(15-14-32)19-29(35)31-25(6)27-11-9-21(2)23(4)17-27/h8-11,16-17,24-25H,7,12-15,18-19H2,1-6H3,(H,30,34)(H,31,35). The van der Waals surface area contributed by atoms with Gasteiger partial charge in [0, 0.05) is 13.1 Å². The monoisotopic (exact) mass is 478 g/mol. The zero-order valence-electron chi connectivity index (χ0n) is 22.3. The molecule has 6 heteroatoms. The minimum Gasteiger partial charge on any atom is -0.348 e. The smallest absolute Gasteiger partial charge is 0.234 e. The van der Waals surface area contributed by atoms with Gasteiger partial charge in [-0.15, -0.1) is 0 Å². The summed E-state index contributed by atoms with van der Waals surface area (Å²) in [7, 11) is 0. The molecular weight excluding hydrogens is 436 g/mol. The van der Waals surface area contributed by atoms with Crippen LogP contribution in [0.3, 0.4) is 0 Å². The molecule has 6 nitrogen and oxygen atoms in total. The first kappa shape index (κ1) is 26.9. The van der Waals surface area contributed by atoms with Gasteiger partial charge in [0.25, 0.3) is 0 Å². The van der Waals surface area contributed by atoms with Crippen molar-refractivity contribution in [3.8, 4) is 0 Å². The molecule has 0 saturated carbocycles. The maximum Gasteiger partial charge on any atom is 0.234 e. The molecule has 2 amide bonds. The number of nitrogens with zero attached hydrogens (tertiary/aromatic N) is 2. The Balaban J connectivity index is 1.43. The van der Waals surface area contributed by atoms with Gasteiger partial charge in [-0.25, -0.2) is 0 Å². The van der Waals surface area contributed by atoms with Crippen molar-refractivity contribution in [1.82, 2.24) is 20.4 Å². The third kappa shape index (κ3) is 7.91. The van der Waals surface area contributed by atoms with Crippen LogP contribution in [0.15, 0.2) is 36.4 Å². The summed E-state index contributed by atoms with van der Waals surface area (Å²) in [5, 5.41) is 6.28. The minimum absolute atomic E-state index is 0.0201. The Morgan fingerprint density at radius 2 is 1.09 bits per heavy atom. The van der Waals surface area contributed by atoms with Crippen LogP contribution in [0.2, 0.25) is 0 Å². The van der Waals surface area contributed by atoms with E-state index in [1.807, 2.05) is 13.8 Å². The second kappa shape index (κ2) is 12.3. The van der Waals surface area contributed by atoms with Crippen LogP contribution in [-0.4, -0.2) is 60.9 Å². The molecule has 190 valence electrons. The van der Waals surface area contributed by atoms with E-state index in [0.717, 1.165) is 43.7 Å². The van der Waals surface area contributed by atoms with E-state index in [2.05, 4.69) is 84.5 Å². The Bertz CT molecular complexity index is 954. The number of hydrogen-bond donors (Lipinski definition) is 2. The number of carbonyl (C=O) groups excluding carboxylic acids is 2. The molecule has 0 aliphatic carbocycles. The number of rotatable bonds is 8. The molecule has 1 aliphatic rings. The second-order valence-electron chi connectivity index (χ2n) is 10.2. The van der Waals surface area contributed by atoms with Crippen molar-refractivity contribution in [3.63, 3.8) is 0 Å². The van der Waals surface area contributed by atoms with Crippen molar-refractivity contribution in [2.24, 2.45) is 0 Å². The topological polar surface area (TPSA) is 64.7 Å². The summed E-state index contributed by atoms with van der Waals surface area (Å²) >= 11 is 0. The number of amides is 2. The number of aryl methyl sites for hydroxylation is 4. The predicted molar refractivity (Wildman–Crippen MR) is 142 cm³/mol. The van der Waals surface area contributed by atoms with Gasteiger partial charge < -0.3 is 10.6 Å². The van der Waals surface area contributed by atoms with Gasteiger partial charge in [-0.1, -0.05) is 36.4 Å². The SMILES string of the molecule is Cc1ccc(C(C)NC(=O)CN2CCCN(CC(=O)NC(C)c3ccc(C)c(C)c3)CC2)cc1C. The molecule has 1 heterocycles. The van der Waals surface area contributed by atoms with Crippen molar-refractivity contribution in [2.45, 2.75) is 60.0 Å². The molecule has 1 saturated heterocycles. The van der Waals surface area contributed by atoms with Crippen molar-refractivity contribution < 1.29 is 9.59 Å². The maximum atomic E-state index is 12.7. The summed E-state index contributed by atoms with van der Waals surface area (Å²) < 4.78 is 0. The average molecular weight is 479 g/mol. The number of nitrogens with one attached hydrogen (secondary N) is 2. The van der Waals surface area contributed by atoms with Crippen molar-refractivity contribution in [1.29, 1.82) is 0 Å². The molecular formula is C29H42N4O2. The summed E-state index contributed by atoms with van der Waals surface area (Å²) in [5.74, 6) is 0.0910. The lowest BCUT2D eigenvalue weighted by Crippen LogP contribution is -2.42. The summed E-state index contributed by atoms with van der Waals surface area (Å²) in [6.07, 6.45) is 0.944. The highest BCUT2D eigenvalue weighted by atomic mass is 16.2. The van der Waals surface area contributed by atoms with Crippen LogP contribution in [0.5, 0.6) is 0 Å². The first-order valence-electron chi connectivity index (χ1n) is 12.8. The van der Waals surface area contributed by atoms with E-state index in [4.69, 9.17) is 0 Å². The molecule has 0 radical (unpaired) electrons. The first-order valence-corrected chi connectivity index (χ1v) is 12.8. The van der Waals surface area contributed by atoms with Gasteiger partial charge in [0.2, 0.25) is 11.8 Å². The molecule has 35 heavy (non-hydrogen) atoms. The summed E-state index contributed by atoms with van der Waals surface area (Å²) in [6.45, 7) is 16.5. The summed E-state index contributed by atoms with van der Waals surface area (Å²) in [5.41, 5.74) is 7.26. The predicted octanol–water partition coefficient (Wildman–Crippen LogP) is 3.98. The molecule has 2 unspecified atom stereocenters. The van der Waals surface area contributed by atoms with Crippen LogP contribution >= 0.6 is 0 Å². The zero-order valence-corrected chi connectivity index (χ0v) is 22.3. The van der Waals surface area contributed by atoms with E-state index >= 15 is 0 Å².